The van der Waals surface area contributed by atoms with Gasteiger partial charge >= 0.3 is 11.9 Å². The summed E-state index contributed by atoms with van der Waals surface area (Å²) in [6.45, 7) is -0.443. The van der Waals surface area contributed by atoms with Gasteiger partial charge in [0.1, 0.15) is 5.82 Å². The number of rotatable bonds is 6. The van der Waals surface area contributed by atoms with E-state index in [4.69, 9.17) is 0 Å². The third-order valence-electron chi connectivity index (χ3n) is 5.10. The highest BCUT2D eigenvalue weighted by atomic mass is 19.4. The molecule has 0 saturated carbocycles. The van der Waals surface area contributed by atoms with Gasteiger partial charge in [0.2, 0.25) is 5.69 Å². The lowest BCUT2D eigenvalue weighted by molar-refractivity contribution is -0.137. The van der Waals surface area contributed by atoms with Gasteiger partial charge in [-0.1, -0.05) is 24.3 Å². The van der Waals surface area contributed by atoms with E-state index in [1.165, 1.54) is 24.4 Å². The van der Waals surface area contributed by atoms with Gasteiger partial charge in [-0.3, -0.25) is 19.1 Å². The van der Waals surface area contributed by atoms with Crippen molar-refractivity contribution in [3.05, 3.63) is 122 Å². The quantitative estimate of drug-likeness (QED) is 0.412. The van der Waals surface area contributed by atoms with Crippen LogP contribution in [0.2, 0.25) is 0 Å². The Morgan fingerprint density at radius 1 is 0.972 bits per heavy atom. The van der Waals surface area contributed by atoms with Crippen LogP contribution in [0.1, 0.15) is 27.3 Å². The van der Waals surface area contributed by atoms with Gasteiger partial charge in [0.25, 0.3) is 11.5 Å². The van der Waals surface area contributed by atoms with E-state index < -0.39 is 40.4 Å². The average molecular weight is 499 g/mol. The van der Waals surface area contributed by atoms with Crippen LogP contribution in [-0.4, -0.2) is 25.2 Å². The number of carbonyl (C=O) groups excluding carboxylic acids is 1. The molecule has 0 bridgehead atoms. The third kappa shape index (κ3) is 5.37. The molecule has 0 aliphatic heterocycles. The van der Waals surface area contributed by atoms with Crippen LogP contribution in [-0.2, 0) is 19.3 Å². The molecule has 0 unspecified atom stereocenters. The average Bonchev–Trinajstić information content (AvgIpc) is 2.86. The molecule has 0 fully saturated rings. The number of pyridine rings is 1. The molecular formula is C24H17F4N5O3. The predicted molar refractivity (Wildman–Crippen MR) is 120 cm³/mol. The van der Waals surface area contributed by atoms with Gasteiger partial charge in [0.05, 0.1) is 30.0 Å². The van der Waals surface area contributed by atoms with Crippen LogP contribution in [0.3, 0.4) is 0 Å². The van der Waals surface area contributed by atoms with E-state index >= 15 is 0 Å². The molecular weight excluding hydrogens is 482 g/mol. The summed E-state index contributed by atoms with van der Waals surface area (Å²) < 4.78 is 54.3. The number of halogens is 4. The van der Waals surface area contributed by atoms with Crippen LogP contribution >= 0.6 is 0 Å². The molecule has 4 aromatic rings. The van der Waals surface area contributed by atoms with Crippen molar-refractivity contribution < 1.29 is 22.4 Å². The second-order valence-corrected chi connectivity index (χ2v) is 7.61. The minimum absolute atomic E-state index is 0.0680. The Balaban J connectivity index is 1.81. The lowest BCUT2D eigenvalue weighted by Gasteiger charge is -2.14. The maximum atomic E-state index is 13.3. The maximum Gasteiger partial charge on any atom is 0.416 e. The molecule has 0 atom stereocenters. The van der Waals surface area contributed by atoms with Crippen molar-refractivity contribution in [3.63, 3.8) is 0 Å². The molecule has 0 saturated heterocycles. The normalized spacial score (nSPS) is 11.3. The number of nitrogens with zero attached hydrogens (tertiary/aromatic N) is 4. The van der Waals surface area contributed by atoms with Gasteiger partial charge in [0.15, 0.2) is 0 Å². The fraction of sp³-hybridized carbons (Fsp3) is 0.125. The number of benzene rings is 2. The Hall–Kier alpha value is -4.61. The largest absolute Gasteiger partial charge is 0.416 e. The molecule has 8 nitrogen and oxygen atoms in total. The standard InChI is InChI=1S/C24H17F4N5O3/c25-17-9-7-15(8-10-17)14-32-22(35)20(21(34)30-13-18-5-1-2-11-29-18)31-33(23(32)36)19-6-3-4-16(12-19)24(26,27)28/h1-12H,13-14H2,(H,30,34). The molecule has 0 spiro atoms. The molecule has 2 heterocycles. The number of amides is 1. The van der Waals surface area contributed by atoms with Crippen molar-refractivity contribution in [2.24, 2.45) is 0 Å². The Labute approximate surface area is 200 Å². The van der Waals surface area contributed by atoms with Crippen molar-refractivity contribution in [2.75, 3.05) is 0 Å². The SMILES string of the molecule is O=C(NCc1ccccn1)c1nn(-c2cccc(C(F)(F)F)c2)c(=O)n(Cc2ccc(F)cc2)c1=O. The number of carbonyl (C=O) groups is 1. The van der Waals surface area contributed by atoms with E-state index in [1.54, 1.807) is 18.2 Å². The van der Waals surface area contributed by atoms with Crippen molar-refractivity contribution in [2.45, 2.75) is 19.3 Å². The fourth-order valence-corrected chi connectivity index (χ4v) is 3.31. The zero-order valence-electron chi connectivity index (χ0n) is 18.4. The zero-order valence-corrected chi connectivity index (χ0v) is 18.4. The van der Waals surface area contributed by atoms with Crippen LogP contribution in [0.4, 0.5) is 17.6 Å². The van der Waals surface area contributed by atoms with Gasteiger partial charge < -0.3 is 5.32 Å². The summed E-state index contributed by atoms with van der Waals surface area (Å²) in [5.74, 6) is -1.50. The summed E-state index contributed by atoms with van der Waals surface area (Å²) in [5.41, 5.74) is -3.39. The Kier molecular flexibility index (Phi) is 6.77. The van der Waals surface area contributed by atoms with Gasteiger partial charge in [-0.05, 0) is 48.0 Å². The molecule has 1 N–H and O–H groups in total. The van der Waals surface area contributed by atoms with E-state index in [9.17, 15) is 31.9 Å². The van der Waals surface area contributed by atoms with Gasteiger partial charge in [-0.25, -0.2) is 9.18 Å². The smallest absolute Gasteiger partial charge is 0.345 e. The van der Waals surface area contributed by atoms with Gasteiger partial charge in [-0.15, -0.1) is 0 Å². The molecule has 184 valence electrons. The summed E-state index contributed by atoms with van der Waals surface area (Å²) in [4.78, 5) is 43.1. The van der Waals surface area contributed by atoms with Crippen LogP contribution in [0.25, 0.3) is 5.69 Å². The predicted octanol–water partition coefficient (Wildman–Crippen LogP) is 2.93. The van der Waals surface area contributed by atoms with Crippen LogP contribution in [0, 0.1) is 5.82 Å². The number of aromatic nitrogens is 4. The summed E-state index contributed by atoms with van der Waals surface area (Å²) in [7, 11) is 0. The molecule has 0 aliphatic rings. The monoisotopic (exact) mass is 499 g/mol. The summed E-state index contributed by atoms with van der Waals surface area (Å²) >= 11 is 0. The summed E-state index contributed by atoms with van der Waals surface area (Å²) in [5, 5.41) is 6.27. The molecule has 4 rings (SSSR count). The third-order valence-corrected chi connectivity index (χ3v) is 5.10. The summed E-state index contributed by atoms with van der Waals surface area (Å²) in [6, 6.07) is 13.6. The Morgan fingerprint density at radius 3 is 2.39 bits per heavy atom. The first kappa shape index (κ1) is 24.5. The highest BCUT2D eigenvalue weighted by Gasteiger charge is 2.31. The molecule has 36 heavy (non-hydrogen) atoms. The number of nitrogens with one attached hydrogen (secondary N) is 1. The van der Waals surface area contributed by atoms with E-state index in [2.05, 4.69) is 15.4 Å². The second kappa shape index (κ2) is 9.94. The number of hydrogen-bond acceptors (Lipinski definition) is 5. The van der Waals surface area contributed by atoms with Crippen LogP contribution in [0.5, 0.6) is 0 Å². The van der Waals surface area contributed by atoms with Gasteiger partial charge in [-0.2, -0.15) is 23.0 Å². The maximum absolute atomic E-state index is 13.3. The van der Waals surface area contributed by atoms with Crippen molar-refractivity contribution in [1.29, 1.82) is 0 Å². The van der Waals surface area contributed by atoms with Crippen molar-refractivity contribution >= 4 is 5.91 Å². The lowest BCUT2D eigenvalue weighted by atomic mass is 10.2. The Bertz CT molecular complexity index is 1510. The molecule has 2 aromatic heterocycles. The topological polar surface area (TPSA) is 98.9 Å². The van der Waals surface area contributed by atoms with E-state index in [0.29, 0.717) is 26.6 Å². The molecule has 2 aromatic carbocycles. The highest BCUT2D eigenvalue weighted by molar-refractivity contribution is 5.91. The fourth-order valence-electron chi connectivity index (χ4n) is 3.31. The second-order valence-electron chi connectivity index (χ2n) is 7.61. The van der Waals surface area contributed by atoms with E-state index in [0.717, 1.165) is 24.3 Å². The summed E-state index contributed by atoms with van der Waals surface area (Å²) in [6.07, 6.45) is -3.20. The van der Waals surface area contributed by atoms with Crippen LogP contribution in [0.15, 0.2) is 82.5 Å². The minimum atomic E-state index is -4.70. The van der Waals surface area contributed by atoms with Crippen LogP contribution < -0.4 is 16.6 Å². The first-order chi connectivity index (χ1) is 17.1. The number of alkyl halides is 3. The molecule has 1 amide bonds. The van der Waals surface area contributed by atoms with Gasteiger partial charge in [0, 0.05) is 6.20 Å². The first-order valence-corrected chi connectivity index (χ1v) is 10.5. The zero-order chi connectivity index (χ0) is 25.9. The Morgan fingerprint density at radius 2 is 1.72 bits per heavy atom. The molecule has 0 radical (unpaired) electrons. The van der Waals surface area contributed by atoms with E-state index in [1.807, 2.05) is 0 Å². The molecule has 0 aliphatic carbocycles. The molecule has 12 heteroatoms. The lowest BCUT2D eigenvalue weighted by Crippen LogP contribution is -2.46. The minimum Gasteiger partial charge on any atom is -0.345 e. The van der Waals surface area contributed by atoms with Crippen molar-refractivity contribution in [3.8, 4) is 5.69 Å². The number of hydrogen-bond donors (Lipinski definition) is 1. The van der Waals surface area contributed by atoms with E-state index in [-0.39, 0.29) is 18.8 Å². The van der Waals surface area contributed by atoms with Crippen molar-refractivity contribution in [1.82, 2.24) is 24.6 Å². The highest BCUT2D eigenvalue weighted by Crippen LogP contribution is 2.29. The first-order valence-electron chi connectivity index (χ1n) is 10.5.